The van der Waals surface area contributed by atoms with Crippen LogP contribution in [0.2, 0.25) is 5.02 Å². The van der Waals surface area contributed by atoms with Gasteiger partial charge in [-0.2, -0.15) is 0 Å². The van der Waals surface area contributed by atoms with E-state index >= 15 is 0 Å². The highest BCUT2D eigenvalue weighted by Crippen LogP contribution is 2.50. The quantitative estimate of drug-likeness (QED) is 0.144. The average molecular weight is 640 g/mol. The van der Waals surface area contributed by atoms with Gasteiger partial charge in [-0.1, -0.05) is 66.9 Å². The summed E-state index contributed by atoms with van der Waals surface area (Å²) in [6.07, 6.45) is 6.48. The van der Waals surface area contributed by atoms with Crippen LogP contribution in [0.1, 0.15) is 78.4 Å². The minimum atomic E-state index is -2.93. The Morgan fingerprint density at radius 3 is 2.43 bits per heavy atom. The van der Waals surface area contributed by atoms with Crippen LogP contribution in [0.3, 0.4) is 0 Å². The Morgan fingerprint density at radius 1 is 0.955 bits per heavy atom. The molecule has 2 fully saturated rings. The molecular formula is C35H46ClN3O4S. The maximum Gasteiger partial charge on any atom is 0.251 e. The first kappa shape index (κ1) is 32.8. The number of hydrogen-bond donors (Lipinski definition) is 5. The second kappa shape index (κ2) is 15.1. The number of hydrogen-bond acceptors (Lipinski definition) is 6. The minimum Gasteiger partial charge on any atom is -0.390 e. The lowest BCUT2D eigenvalue weighted by Gasteiger charge is -2.47. The molecule has 3 aromatic rings. The molecular weight excluding hydrogens is 594 g/mol. The van der Waals surface area contributed by atoms with Gasteiger partial charge >= 0.3 is 0 Å². The van der Waals surface area contributed by atoms with Crippen LogP contribution in [-0.2, 0) is 12.8 Å². The summed E-state index contributed by atoms with van der Waals surface area (Å²) in [6.45, 7) is 2.92. The zero-order chi connectivity index (χ0) is 31.1. The third-order valence-corrected chi connectivity index (χ3v) is 11.1. The summed E-state index contributed by atoms with van der Waals surface area (Å²) >= 11 is 6.16. The molecule has 44 heavy (non-hydrogen) atoms. The van der Waals surface area contributed by atoms with E-state index in [0.29, 0.717) is 47.5 Å². The van der Waals surface area contributed by atoms with Gasteiger partial charge in [0.2, 0.25) is 0 Å². The van der Waals surface area contributed by atoms with Gasteiger partial charge in [-0.3, -0.25) is 18.2 Å². The van der Waals surface area contributed by atoms with Crippen LogP contribution < -0.4 is 14.9 Å². The first-order valence-corrected chi connectivity index (χ1v) is 17.9. The number of anilines is 1. The number of nitrogens with one attached hydrogen (secondary N) is 2. The highest BCUT2D eigenvalue weighted by molar-refractivity contribution is 8.25. The highest BCUT2D eigenvalue weighted by Gasteiger charge is 2.30. The zero-order valence-electron chi connectivity index (χ0n) is 25.5. The van der Waals surface area contributed by atoms with Crippen LogP contribution in [0.5, 0.6) is 0 Å². The van der Waals surface area contributed by atoms with E-state index in [1.165, 1.54) is 0 Å². The predicted octanol–water partition coefficient (Wildman–Crippen LogP) is 7.19. The molecule has 1 saturated carbocycles. The number of carbonyl (C=O) groups excluding carboxylic acids is 1. The molecule has 1 amide bonds. The van der Waals surface area contributed by atoms with Crippen molar-refractivity contribution in [1.29, 1.82) is 0 Å². The lowest BCUT2D eigenvalue weighted by molar-refractivity contribution is 0.0826. The molecule has 0 aromatic heterocycles. The van der Waals surface area contributed by atoms with Crippen molar-refractivity contribution in [3.05, 3.63) is 100 Å². The molecule has 0 bridgehead atoms. The molecule has 0 radical (unpaired) electrons. The fourth-order valence-corrected chi connectivity index (χ4v) is 8.36. The smallest absolute Gasteiger partial charge is 0.251 e. The third-order valence-electron chi connectivity index (χ3n) is 8.88. The van der Waals surface area contributed by atoms with Gasteiger partial charge in [-0.25, -0.2) is 0 Å². The molecule has 7 nitrogen and oxygen atoms in total. The van der Waals surface area contributed by atoms with Crippen LogP contribution in [-0.4, -0.2) is 57.1 Å². The molecule has 5 N–H and O–H groups in total. The van der Waals surface area contributed by atoms with Crippen LogP contribution >= 0.6 is 22.4 Å². The fraction of sp³-hybridized carbons (Fsp3) is 0.457. The highest BCUT2D eigenvalue weighted by atomic mass is 35.5. The lowest BCUT2D eigenvalue weighted by atomic mass is 9.94. The van der Waals surface area contributed by atoms with Crippen molar-refractivity contribution in [3.8, 4) is 0 Å². The molecule has 2 aliphatic rings. The lowest BCUT2D eigenvalue weighted by Crippen LogP contribution is -2.50. The molecule has 1 unspecified atom stereocenters. The zero-order valence-corrected chi connectivity index (χ0v) is 27.1. The van der Waals surface area contributed by atoms with Crippen molar-refractivity contribution in [1.82, 2.24) is 10.6 Å². The van der Waals surface area contributed by atoms with E-state index in [1.54, 1.807) is 10.4 Å². The van der Waals surface area contributed by atoms with Crippen molar-refractivity contribution in [2.45, 2.75) is 82.4 Å². The number of nitrogens with zero attached hydrogens (tertiary/aromatic N) is 1. The number of aliphatic hydroxyl groups is 1. The van der Waals surface area contributed by atoms with Gasteiger partial charge in [-0.15, -0.1) is 10.8 Å². The van der Waals surface area contributed by atoms with Crippen LogP contribution in [0.4, 0.5) is 5.69 Å². The summed E-state index contributed by atoms with van der Waals surface area (Å²) in [5.41, 5.74) is 4.38. The van der Waals surface area contributed by atoms with Gasteiger partial charge in [0.15, 0.2) is 0 Å². The summed E-state index contributed by atoms with van der Waals surface area (Å²) in [7, 11) is -2.93. The predicted molar refractivity (Wildman–Crippen MR) is 182 cm³/mol. The number of halogens is 1. The molecule has 1 heterocycles. The Morgan fingerprint density at radius 2 is 1.70 bits per heavy atom. The number of benzene rings is 3. The summed E-state index contributed by atoms with van der Waals surface area (Å²) in [4.78, 5) is 13.9. The van der Waals surface area contributed by atoms with E-state index in [2.05, 4.69) is 17.6 Å². The monoisotopic (exact) mass is 639 g/mol. The largest absolute Gasteiger partial charge is 0.390 e. The topological polar surface area (TPSA) is 105 Å². The van der Waals surface area contributed by atoms with Crippen molar-refractivity contribution in [2.75, 3.05) is 23.1 Å². The first-order valence-electron chi connectivity index (χ1n) is 15.9. The Labute approximate surface area is 268 Å². The summed E-state index contributed by atoms with van der Waals surface area (Å²) < 4.78 is 23.5. The molecule has 0 spiro atoms. The van der Waals surface area contributed by atoms with Crippen LogP contribution in [0.15, 0.2) is 72.8 Å². The Balaban J connectivity index is 1.34. The van der Waals surface area contributed by atoms with Gasteiger partial charge < -0.3 is 15.7 Å². The molecule has 1 aliphatic carbocycles. The normalized spacial score (nSPS) is 19.7. The molecule has 9 heteroatoms. The number of rotatable bonds is 12. The van der Waals surface area contributed by atoms with E-state index in [-0.39, 0.29) is 11.9 Å². The van der Waals surface area contributed by atoms with Gasteiger partial charge in [-0.05, 0) is 98.4 Å². The molecule has 5 rings (SSSR count). The molecule has 1 saturated heterocycles. The van der Waals surface area contributed by atoms with Gasteiger partial charge in [0, 0.05) is 29.7 Å². The first-order chi connectivity index (χ1) is 21.2. The van der Waals surface area contributed by atoms with E-state index in [0.717, 1.165) is 61.6 Å². The van der Waals surface area contributed by atoms with E-state index in [1.807, 2.05) is 66.7 Å². The van der Waals surface area contributed by atoms with Crippen LogP contribution in [0.25, 0.3) is 0 Å². The van der Waals surface area contributed by atoms with E-state index in [4.69, 9.17) is 11.6 Å². The van der Waals surface area contributed by atoms with Gasteiger partial charge in [0.1, 0.15) is 0 Å². The second-order valence-electron chi connectivity index (χ2n) is 12.4. The standard InChI is InChI=1S/C35H46ClN3O4S/c1-25(18-27-12-9-15-31(36)19-27)37-24-34(40)33(20-26-10-3-2-4-11-26)38-35(41)30-21-29(28-13-5-6-14-28)22-32(23-30)39-16-7-8-17-44(39,42)43/h2-4,9-12,15,19,21-23,25,28,33-34,37,40,42-43H,5-8,13-14,16-18,20,24H2,1H3,(H,38,41)/t25?,33-,34+/m0/s1. The minimum absolute atomic E-state index is 0.0890. The van der Waals surface area contributed by atoms with Gasteiger partial charge in [0.05, 0.1) is 23.6 Å². The summed E-state index contributed by atoms with van der Waals surface area (Å²) in [6, 6.07) is 23.0. The molecule has 3 atom stereocenters. The van der Waals surface area contributed by atoms with Crippen molar-refractivity contribution in [3.63, 3.8) is 0 Å². The number of carbonyl (C=O) groups is 1. The van der Waals surface area contributed by atoms with E-state index < -0.39 is 22.9 Å². The number of amides is 1. The summed E-state index contributed by atoms with van der Waals surface area (Å²) in [5.74, 6) is 0.423. The van der Waals surface area contributed by atoms with E-state index in [9.17, 15) is 19.0 Å². The SMILES string of the molecule is CC(Cc1cccc(Cl)c1)NC[C@@H](O)[C@H](Cc1ccccc1)NC(=O)c1cc(C2CCCC2)cc(N2CCCCS2(O)O)c1. The maximum absolute atomic E-state index is 13.9. The van der Waals surface area contributed by atoms with Crippen molar-refractivity contribution < 1.29 is 19.0 Å². The van der Waals surface area contributed by atoms with Crippen molar-refractivity contribution in [2.24, 2.45) is 0 Å². The summed E-state index contributed by atoms with van der Waals surface area (Å²) in [5, 5.41) is 18.7. The molecule has 238 valence electrons. The number of aliphatic hydroxyl groups excluding tert-OH is 1. The van der Waals surface area contributed by atoms with Crippen molar-refractivity contribution >= 4 is 34.0 Å². The maximum atomic E-state index is 13.9. The van der Waals surface area contributed by atoms with Crippen LogP contribution in [0, 0.1) is 0 Å². The van der Waals surface area contributed by atoms with Gasteiger partial charge in [0.25, 0.3) is 5.91 Å². The third kappa shape index (κ3) is 8.77. The average Bonchev–Trinajstić information content (AvgIpc) is 3.55. The Hall–Kier alpha value is -2.59. The fourth-order valence-electron chi connectivity index (χ4n) is 6.47. The second-order valence-corrected chi connectivity index (χ2v) is 15.0. The molecule has 1 aliphatic heterocycles. The molecule has 3 aromatic carbocycles. The Bertz CT molecular complexity index is 1390. The Kier molecular flexibility index (Phi) is 11.3.